The first-order valence-corrected chi connectivity index (χ1v) is 41.6. The molecule has 12 atom stereocenters. The van der Waals surface area contributed by atoms with Crippen LogP contribution in [0, 0.1) is 23.2 Å². The predicted octanol–water partition coefficient (Wildman–Crippen LogP) is 25.5. The lowest BCUT2D eigenvalue weighted by molar-refractivity contribution is -0.173. The highest BCUT2D eigenvalue weighted by molar-refractivity contribution is 6.03. The molecule has 2 N–H and O–H groups in total. The zero-order valence-electron chi connectivity index (χ0n) is 68.3. The molecule has 4 bridgehead atoms. The Labute approximate surface area is 717 Å². The molecule has 1 saturated heterocycles. The van der Waals surface area contributed by atoms with Crippen LogP contribution >= 0.6 is 0 Å². The van der Waals surface area contributed by atoms with Gasteiger partial charge in [-0.05, 0) is 201 Å². The third kappa shape index (κ3) is 27.8. The predicted molar refractivity (Wildman–Crippen MR) is 476 cm³/mol. The van der Waals surface area contributed by atoms with E-state index in [0.29, 0.717) is 94.1 Å². The van der Waals surface area contributed by atoms with Gasteiger partial charge in [0.2, 0.25) is 11.3 Å². The van der Waals surface area contributed by atoms with Crippen LogP contribution in [-0.4, -0.2) is 121 Å². The maximum absolute atomic E-state index is 14.6. The van der Waals surface area contributed by atoms with Gasteiger partial charge in [0.25, 0.3) is 0 Å². The van der Waals surface area contributed by atoms with Gasteiger partial charge >= 0.3 is 29.8 Å². The number of halogens is 2. The topological polar surface area (TPSA) is 227 Å². The number of fused-ring (bicyclic) bond motifs is 3. The van der Waals surface area contributed by atoms with Crippen LogP contribution in [0.25, 0.3) is 6.08 Å². The quantitative estimate of drug-likeness (QED) is 0.0196. The number of methoxy groups -OCH3 is 2. The molecule has 0 spiro atoms. The van der Waals surface area contributed by atoms with Gasteiger partial charge in [-0.3, -0.25) is 14.4 Å². The number of hydrogen-bond donors (Lipinski definition) is 2. The lowest BCUT2D eigenvalue weighted by Crippen LogP contribution is -2.46. The molecule has 0 aromatic heterocycles. The number of alkyl halides is 2. The minimum absolute atomic E-state index is 0. The molecule has 8 fully saturated rings. The van der Waals surface area contributed by atoms with Crippen molar-refractivity contribution < 1.29 is 95.1 Å². The van der Waals surface area contributed by atoms with Crippen LogP contribution in [0.1, 0.15) is 370 Å². The van der Waals surface area contributed by atoms with Gasteiger partial charge in [-0.25, -0.2) is 18.4 Å². The van der Waals surface area contributed by atoms with E-state index in [9.17, 15) is 32.8 Å². The first-order valence-electron chi connectivity index (χ1n) is 41.6. The summed E-state index contributed by atoms with van der Waals surface area (Å²) < 4.78 is 94.8. The molecule has 12 rings (SSSR count). The molecule has 8 aliphatic rings. The number of hydrogen-bond acceptors (Lipinski definition) is 17. The van der Waals surface area contributed by atoms with Crippen molar-refractivity contribution in [3.8, 4) is 17.2 Å². The number of aromatic hydroxyl groups is 1. The normalized spacial score (nSPS) is 24.0. The number of carbonyl (C=O) groups is 5. The SMILES string of the molecule is C.C.C.C.C.C.C.C.C=Cc1cc(COC2CCCCC2)c(OCCOC23CCC(OC(=O)C(C)(F)CC)(CC2)C3)c(COC2CCCCC2)c1.CCC(C)(F)C(=O)O.CCC(C)C(=O)OC1C2CC3C1OC(=O)C3(C(=O)OC(COc1c(C(C)OC)cc(C3CCCCC3)cc1C(C)OC)c1ccccc1)C2.CCC(C)c1ccc(O)cc1. The van der Waals surface area contributed by atoms with Crippen LogP contribution in [0.15, 0.2) is 85.4 Å². The Balaban J connectivity index is 0.000000925. The molecular formula is C99H160F2O18. The standard InChI is InChI=1S/C40H52O9.C36H53FO6.C10H14O.C5H9FO2.8CH4/c1-7-23(2)37(41)48-34-29-20-32-36(34)49-39(43)40(32,21-29)38(42)47-33(27-16-12-9-13-17-27)22-46-35-30(24(3)44-5)18-28(19-31(35)25(4)45-6)26-14-10-8-11-15-26;1-4-27-22-28(24-40-30-12-8-6-9-13-30)32(29(23-27)25-41-31-14-10-7-11-15-31)39-20-21-42-35-16-18-36(26-35,19-17-35)43-33(38)34(3,37)5-2;1-3-8(2)9-4-6-10(11)7-5-9;1-3-5(2,6)4(7)8;;;;;;;;/h9,12-13,16-19,23-26,29,32-34,36H,7-8,10-11,14-15,20-22H2,1-6H3;4,22-23,30-31H,1,5-21,24-26H2,2-3H3;4-8,11H,3H2,1-2H3;3H2,1-2H3,(H,7,8);8*1H4. The molecule has 0 amide bonds. The fourth-order valence-corrected chi connectivity index (χ4v) is 17.2. The Morgan fingerprint density at radius 3 is 1.62 bits per heavy atom. The Hall–Kier alpha value is -6.97. The summed E-state index contributed by atoms with van der Waals surface area (Å²) in [4.78, 5) is 62.8. The van der Waals surface area contributed by atoms with E-state index in [0.717, 1.165) is 104 Å². The third-order valence-corrected chi connectivity index (χ3v) is 25.4. The highest BCUT2D eigenvalue weighted by Crippen LogP contribution is 2.63. The summed E-state index contributed by atoms with van der Waals surface area (Å²) in [5, 5.41) is 17.1. The second-order valence-corrected chi connectivity index (χ2v) is 33.0. The Morgan fingerprint density at radius 1 is 0.639 bits per heavy atom. The fourth-order valence-electron chi connectivity index (χ4n) is 17.2. The molecule has 678 valence electrons. The highest BCUT2D eigenvalue weighted by Gasteiger charge is 2.76. The minimum Gasteiger partial charge on any atom is -0.508 e. The van der Waals surface area contributed by atoms with E-state index in [-0.39, 0.29) is 121 Å². The maximum Gasteiger partial charge on any atom is 0.344 e. The van der Waals surface area contributed by atoms with Crippen molar-refractivity contribution in [2.45, 2.75) is 386 Å². The Bertz CT molecular complexity index is 3590. The highest BCUT2D eigenvalue weighted by atomic mass is 19.1. The van der Waals surface area contributed by atoms with Crippen LogP contribution < -0.4 is 9.47 Å². The summed E-state index contributed by atoms with van der Waals surface area (Å²) in [6.45, 7) is 23.5. The number of rotatable bonds is 33. The third-order valence-electron chi connectivity index (χ3n) is 25.4. The molecular weight excluding hydrogens is 1520 g/mol. The molecule has 7 saturated carbocycles. The Kier molecular flexibility index (Phi) is 46.8. The molecule has 7 aliphatic carbocycles. The first kappa shape index (κ1) is 110. The van der Waals surface area contributed by atoms with Gasteiger partial charge in [0.1, 0.15) is 48.3 Å². The molecule has 20 heteroatoms. The fraction of sp³-hybridized carbons (Fsp3) is 0.687. The summed E-state index contributed by atoms with van der Waals surface area (Å²) in [6.07, 6.45) is 24.4. The van der Waals surface area contributed by atoms with Crippen molar-refractivity contribution >= 4 is 35.9 Å². The van der Waals surface area contributed by atoms with Crippen molar-refractivity contribution in [3.05, 3.63) is 130 Å². The van der Waals surface area contributed by atoms with Crippen LogP contribution in [0.4, 0.5) is 8.78 Å². The van der Waals surface area contributed by atoms with E-state index in [4.69, 9.17) is 62.3 Å². The summed E-state index contributed by atoms with van der Waals surface area (Å²) in [7, 11) is 3.38. The molecule has 12 unspecified atom stereocenters. The Morgan fingerprint density at radius 2 is 1.15 bits per heavy atom. The van der Waals surface area contributed by atoms with Crippen LogP contribution in [-0.2, 0) is 79.8 Å². The van der Waals surface area contributed by atoms with E-state index in [1.165, 1.54) is 82.8 Å². The maximum atomic E-state index is 14.6. The van der Waals surface area contributed by atoms with Crippen molar-refractivity contribution in [1.82, 2.24) is 0 Å². The number of phenolic OH excluding ortho intramolecular Hbond substituents is 1. The van der Waals surface area contributed by atoms with Crippen molar-refractivity contribution in [2.75, 3.05) is 34.0 Å². The van der Waals surface area contributed by atoms with Gasteiger partial charge in [-0.15, -0.1) is 0 Å². The first-order chi connectivity index (χ1) is 53.1. The van der Waals surface area contributed by atoms with Gasteiger partial charge in [-0.1, -0.05) is 214 Å². The summed E-state index contributed by atoms with van der Waals surface area (Å²) in [5.74, 6) is -1.53. The zero-order chi connectivity index (χ0) is 80.3. The van der Waals surface area contributed by atoms with E-state index in [1.807, 2.05) is 76.2 Å². The average molecular weight is 1680 g/mol. The number of esters is 4. The van der Waals surface area contributed by atoms with E-state index < -0.39 is 70.5 Å². The summed E-state index contributed by atoms with van der Waals surface area (Å²) in [5.41, 5.74) is 1.92. The molecule has 1 aliphatic heterocycles. The lowest BCUT2D eigenvalue weighted by Gasteiger charge is -2.32. The van der Waals surface area contributed by atoms with Gasteiger partial charge in [-0.2, -0.15) is 0 Å². The molecule has 0 radical (unpaired) electrons. The molecule has 119 heavy (non-hydrogen) atoms. The number of aliphatic carboxylic acids is 1. The number of phenols is 1. The second-order valence-electron chi connectivity index (χ2n) is 33.0. The van der Waals surface area contributed by atoms with E-state index in [2.05, 4.69) is 44.7 Å². The van der Waals surface area contributed by atoms with Crippen LogP contribution in [0.5, 0.6) is 17.2 Å². The number of carboxylic acid groups (broad SMARTS) is 1. The second kappa shape index (κ2) is 50.6. The average Bonchev–Trinajstić information content (AvgIpc) is 1.53. The molecule has 4 aromatic rings. The summed E-state index contributed by atoms with van der Waals surface area (Å²) in [6, 6.07) is 25.6. The van der Waals surface area contributed by atoms with E-state index >= 15 is 0 Å². The van der Waals surface area contributed by atoms with Crippen LogP contribution in [0.2, 0.25) is 0 Å². The minimum atomic E-state index is -2.04. The monoisotopic (exact) mass is 1680 g/mol. The number of ether oxygens (including phenoxy) is 11. The van der Waals surface area contributed by atoms with Crippen LogP contribution in [0.3, 0.4) is 0 Å². The smallest absolute Gasteiger partial charge is 0.344 e. The van der Waals surface area contributed by atoms with Gasteiger partial charge in [0.15, 0.2) is 11.5 Å². The largest absolute Gasteiger partial charge is 0.508 e. The number of benzene rings is 4. The van der Waals surface area contributed by atoms with Crippen molar-refractivity contribution in [3.63, 3.8) is 0 Å². The van der Waals surface area contributed by atoms with Gasteiger partial charge in [0.05, 0.1) is 55.8 Å². The van der Waals surface area contributed by atoms with Gasteiger partial charge < -0.3 is 62.3 Å². The van der Waals surface area contributed by atoms with Crippen molar-refractivity contribution in [2.24, 2.45) is 23.2 Å². The number of carbonyl (C=O) groups excluding carboxylic acids is 4. The van der Waals surface area contributed by atoms with E-state index in [1.54, 1.807) is 33.3 Å². The molecule has 18 nitrogen and oxygen atoms in total. The number of carboxylic acids is 1. The lowest BCUT2D eigenvalue weighted by atomic mass is 9.73. The summed E-state index contributed by atoms with van der Waals surface area (Å²) >= 11 is 0. The van der Waals surface area contributed by atoms with Gasteiger partial charge in [0, 0.05) is 54.7 Å². The van der Waals surface area contributed by atoms with Crippen molar-refractivity contribution in [1.29, 1.82) is 0 Å². The molecule has 1 heterocycles. The molecule has 4 aromatic carbocycles. The zero-order valence-corrected chi connectivity index (χ0v) is 68.3.